The quantitative estimate of drug-likeness (QED) is 0.651. The highest BCUT2D eigenvalue weighted by Crippen LogP contribution is 2.27. The van der Waals surface area contributed by atoms with Crippen molar-refractivity contribution in [2.75, 3.05) is 13.1 Å². The molecule has 0 spiro atoms. The Morgan fingerprint density at radius 2 is 2.00 bits per heavy atom. The Balaban J connectivity index is 1.55. The lowest BCUT2D eigenvalue weighted by molar-refractivity contribution is 0.235. The molecule has 1 heterocycles. The first-order valence-corrected chi connectivity index (χ1v) is 8.54. The van der Waals surface area contributed by atoms with E-state index in [0.29, 0.717) is 18.7 Å². The predicted molar refractivity (Wildman–Crippen MR) is 98.5 cm³/mol. The van der Waals surface area contributed by atoms with Crippen molar-refractivity contribution in [3.8, 4) is 11.8 Å². The van der Waals surface area contributed by atoms with Crippen LogP contribution in [0.2, 0.25) is 0 Å². The van der Waals surface area contributed by atoms with E-state index in [4.69, 9.17) is 10.00 Å². The van der Waals surface area contributed by atoms with Crippen molar-refractivity contribution in [2.24, 2.45) is 4.99 Å². The van der Waals surface area contributed by atoms with Gasteiger partial charge in [-0.3, -0.25) is 0 Å². The van der Waals surface area contributed by atoms with Gasteiger partial charge in [-0.2, -0.15) is 5.26 Å². The first-order chi connectivity index (χ1) is 12.3. The number of nitrogens with one attached hydrogen (secondary N) is 2. The molecule has 0 bridgehead atoms. The van der Waals surface area contributed by atoms with Gasteiger partial charge in [-0.1, -0.05) is 30.3 Å². The van der Waals surface area contributed by atoms with Gasteiger partial charge in [-0.05, 0) is 36.2 Å². The molecule has 0 aliphatic carbocycles. The standard InChI is InChI=1S/C20H22N4O/c1-2-22-20(23-13-16-9-7-15(12-21)8-10-16)24-14-18-11-17-5-3-4-6-19(17)25-18/h3-10,18H,2,11,13-14H2,1H3,(H2,22,23,24). The maximum atomic E-state index is 8.85. The van der Waals surface area contributed by atoms with E-state index in [1.807, 2.05) is 49.4 Å². The van der Waals surface area contributed by atoms with Gasteiger partial charge in [0.25, 0.3) is 0 Å². The molecular formula is C20H22N4O. The van der Waals surface area contributed by atoms with Crippen molar-refractivity contribution >= 4 is 5.96 Å². The van der Waals surface area contributed by atoms with E-state index in [1.54, 1.807) is 0 Å². The van der Waals surface area contributed by atoms with E-state index >= 15 is 0 Å². The lowest BCUT2D eigenvalue weighted by Gasteiger charge is -2.15. The van der Waals surface area contributed by atoms with Crippen LogP contribution in [0.25, 0.3) is 0 Å². The molecule has 5 nitrogen and oxygen atoms in total. The third-order valence-electron chi connectivity index (χ3n) is 4.06. The van der Waals surface area contributed by atoms with Gasteiger partial charge >= 0.3 is 0 Å². The zero-order valence-corrected chi connectivity index (χ0v) is 14.3. The van der Waals surface area contributed by atoms with Crippen LogP contribution in [0.1, 0.15) is 23.6 Å². The Bertz CT molecular complexity index is 752. The van der Waals surface area contributed by atoms with Crippen LogP contribution in [0.15, 0.2) is 53.5 Å². The largest absolute Gasteiger partial charge is 0.488 e. The highest BCUT2D eigenvalue weighted by atomic mass is 16.5. The van der Waals surface area contributed by atoms with Gasteiger partial charge in [-0.15, -0.1) is 0 Å². The van der Waals surface area contributed by atoms with Crippen LogP contribution in [0.3, 0.4) is 0 Å². The number of ether oxygens (including phenoxy) is 1. The topological polar surface area (TPSA) is 69.4 Å². The second kappa shape index (κ2) is 8.20. The number of aliphatic imine (C=N–C) groups is 1. The molecule has 1 atom stereocenters. The fourth-order valence-electron chi connectivity index (χ4n) is 2.78. The summed E-state index contributed by atoms with van der Waals surface area (Å²) in [6, 6.07) is 17.8. The maximum Gasteiger partial charge on any atom is 0.191 e. The van der Waals surface area contributed by atoms with Crippen LogP contribution in [-0.2, 0) is 13.0 Å². The van der Waals surface area contributed by atoms with Crippen LogP contribution in [0.5, 0.6) is 5.75 Å². The fraction of sp³-hybridized carbons (Fsp3) is 0.300. The first-order valence-electron chi connectivity index (χ1n) is 8.54. The van der Waals surface area contributed by atoms with Gasteiger partial charge in [0.15, 0.2) is 5.96 Å². The van der Waals surface area contributed by atoms with Crippen molar-refractivity contribution in [3.05, 3.63) is 65.2 Å². The lowest BCUT2D eigenvalue weighted by Crippen LogP contribution is -2.42. The number of hydrogen-bond donors (Lipinski definition) is 2. The van der Waals surface area contributed by atoms with Gasteiger partial charge < -0.3 is 15.4 Å². The van der Waals surface area contributed by atoms with Crippen molar-refractivity contribution in [2.45, 2.75) is 26.0 Å². The molecule has 3 rings (SSSR count). The van der Waals surface area contributed by atoms with Crippen LogP contribution in [-0.4, -0.2) is 25.2 Å². The number of hydrogen-bond acceptors (Lipinski definition) is 3. The summed E-state index contributed by atoms with van der Waals surface area (Å²) in [5, 5.41) is 15.4. The molecule has 0 aromatic heterocycles. The van der Waals surface area contributed by atoms with Gasteiger partial charge in [0.2, 0.25) is 0 Å². The van der Waals surface area contributed by atoms with Crippen LogP contribution in [0, 0.1) is 11.3 Å². The smallest absolute Gasteiger partial charge is 0.191 e. The molecule has 0 radical (unpaired) electrons. The SMILES string of the molecule is CCNC(=NCc1ccc(C#N)cc1)NCC1Cc2ccccc2O1. The second-order valence-corrected chi connectivity index (χ2v) is 5.94. The number of nitrogens with zero attached hydrogens (tertiary/aromatic N) is 2. The third kappa shape index (κ3) is 4.51. The molecule has 1 unspecified atom stereocenters. The summed E-state index contributed by atoms with van der Waals surface area (Å²) in [4.78, 5) is 4.61. The minimum atomic E-state index is 0.121. The normalized spacial score (nSPS) is 15.8. The Labute approximate surface area is 148 Å². The van der Waals surface area contributed by atoms with E-state index in [-0.39, 0.29) is 6.10 Å². The van der Waals surface area contributed by atoms with Gasteiger partial charge in [0.05, 0.1) is 24.7 Å². The lowest BCUT2D eigenvalue weighted by atomic mass is 10.1. The monoisotopic (exact) mass is 334 g/mol. The van der Waals surface area contributed by atoms with E-state index in [9.17, 15) is 0 Å². The highest BCUT2D eigenvalue weighted by Gasteiger charge is 2.22. The van der Waals surface area contributed by atoms with Crippen molar-refractivity contribution in [3.63, 3.8) is 0 Å². The fourth-order valence-corrected chi connectivity index (χ4v) is 2.78. The Morgan fingerprint density at radius 3 is 2.72 bits per heavy atom. The van der Waals surface area contributed by atoms with Crippen LogP contribution in [0.4, 0.5) is 0 Å². The zero-order chi connectivity index (χ0) is 17.5. The number of fused-ring (bicyclic) bond motifs is 1. The summed E-state index contributed by atoms with van der Waals surface area (Å²) < 4.78 is 5.95. The molecule has 0 saturated heterocycles. The maximum absolute atomic E-state index is 8.85. The Kier molecular flexibility index (Phi) is 5.53. The highest BCUT2D eigenvalue weighted by molar-refractivity contribution is 5.79. The third-order valence-corrected chi connectivity index (χ3v) is 4.06. The van der Waals surface area contributed by atoms with Gasteiger partial charge in [0, 0.05) is 13.0 Å². The zero-order valence-electron chi connectivity index (χ0n) is 14.3. The van der Waals surface area contributed by atoms with Gasteiger partial charge in [-0.25, -0.2) is 4.99 Å². The van der Waals surface area contributed by atoms with Crippen LogP contribution >= 0.6 is 0 Å². The van der Waals surface area contributed by atoms with Crippen molar-refractivity contribution in [1.82, 2.24) is 10.6 Å². The summed E-state index contributed by atoms with van der Waals surface area (Å²) in [6.45, 7) is 4.10. The summed E-state index contributed by atoms with van der Waals surface area (Å²) in [5.74, 6) is 1.75. The molecular weight excluding hydrogens is 312 g/mol. The Morgan fingerprint density at radius 1 is 1.20 bits per heavy atom. The summed E-state index contributed by atoms with van der Waals surface area (Å²) >= 11 is 0. The molecule has 0 amide bonds. The minimum absolute atomic E-state index is 0.121. The molecule has 2 N–H and O–H groups in total. The van der Waals surface area contributed by atoms with E-state index in [2.05, 4.69) is 27.8 Å². The summed E-state index contributed by atoms with van der Waals surface area (Å²) in [6.07, 6.45) is 1.04. The summed E-state index contributed by atoms with van der Waals surface area (Å²) in [7, 11) is 0. The molecule has 5 heteroatoms. The van der Waals surface area contributed by atoms with Crippen LogP contribution < -0.4 is 15.4 Å². The number of nitriles is 1. The van der Waals surface area contributed by atoms with Gasteiger partial charge in [0.1, 0.15) is 11.9 Å². The predicted octanol–water partition coefficient (Wildman–Crippen LogP) is 2.62. The summed E-state index contributed by atoms with van der Waals surface area (Å²) in [5.41, 5.74) is 2.99. The number of para-hydroxylation sites is 1. The molecule has 2 aromatic rings. The second-order valence-electron chi connectivity index (χ2n) is 5.94. The average molecular weight is 334 g/mol. The minimum Gasteiger partial charge on any atom is -0.488 e. The van der Waals surface area contributed by atoms with E-state index in [0.717, 1.165) is 30.2 Å². The Hall–Kier alpha value is -3.00. The van der Waals surface area contributed by atoms with Crippen molar-refractivity contribution < 1.29 is 4.74 Å². The molecule has 2 aromatic carbocycles. The molecule has 25 heavy (non-hydrogen) atoms. The number of benzene rings is 2. The molecule has 1 aliphatic heterocycles. The number of rotatable bonds is 5. The average Bonchev–Trinajstić information content (AvgIpc) is 3.07. The first kappa shape index (κ1) is 16.8. The molecule has 1 aliphatic rings. The molecule has 0 saturated carbocycles. The van der Waals surface area contributed by atoms with Crippen molar-refractivity contribution in [1.29, 1.82) is 5.26 Å². The number of guanidine groups is 1. The molecule has 128 valence electrons. The van der Waals surface area contributed by atoms with E-state index in [1.165, 1.54) is 5.56 Å². The molecule has 0 fully saturated rings. The van der Waals surface area contributed by atoms with E-state index < -0.39 is 0 Å².